The summed E-state index contributed by atoms with van der Waals surface area (Å²) in [5.74, 6) is -2.13. The summed E-state index contributed by atoms with van der Waals surface area (Å²) >= 11 is 0. The van der Waals surface area contributed by atoms with Gasteiger partial charge < -0.3 is 9.80 Å². The highest BCUT2D eigenvalue weighted by molar-refractivity contribution is 5.79. The first-order valence-corrected chi connectivity index (χ1v) is 8.55. The average Bonchev–Trinajstić information content (AvgIpc) is 3.04. The zero-order valence-corrected chi connectivity index (χ0v) is 14.2. The van der Waals surface area contributed by atoms with Gasteiger partial charge in [-0.2, -0.15) is 0 Å². The first-order valence-electron chi connectivity index (χ1n) is 8.55. The minimum atomic E-state index is -2.60. The van der Waals surface area contributed by atoms with Crippen molar-refractivity contribution in [1.29, 1.82) is 0 Å². The van der Waals surface area contributed by atoms with Crippen molar-refractivity contribution in [2.45, 2.75) is 50.5 Å². The number of hydrogen-bond acceptors (Lipinski definition) is 4. The number of carbonyl (C=O) groups is 1. The van der Waals surface area contributed by atoms with E-state index >= 15 is 0 Å². The summed E-state index contributed by atoms with van der Waals surface area (Å²) < 4.78 is 26.7. The molecule has 2 heterocycles. The maximum absolute atomic E-state index is 13.3. The lowest BCUT2D eigenvalue weighted by atomic mass is 9.85. The predicted molar refractivity (Wildman–Crippen MR) is 87.0 cm³/mol. The van der Waals surface area contributed by atoms with Gasteiger partial charge in [-0.15, -0.1) is 0 Å². The Bertz CT molecular complexity index is 598. The van der Waals surface area contributed by atoms with E-state index < -0.39 is 5.92 Å². The summed E-state index contributed by atoms with van der Waals surface area (Å²) in [6, 6.07) is -0.0904. The van der Waals surface area contributed by atoms with Gasteiger partial charge in [-0.05, 0) is 25.7 Å². The van der Waals surface area contributed by atoms with Crippen LogP contribution in [-0.2, 0) is 4.79 Å². The molecule has 24 heavy (non-hydrogen) atoms. The maximum Gasteiger partial charge on any atom is 0.248 e. The van der Waals surface area contributed by atoms with Crippen LogP contribution >= 0.6 is 0 Å². The lowest BCUT2D eigenvalue weighted by Crippen LogP contribution is -2.39. The third-order valence-corrected chi connectivity index (χ3v) is 5.04. The quantitative estimate of drug-likeness (QED) is 0.850. The number of carbonyl (C=O) groups excluding carboxylic acids is 1. The normalized spacial score (nSPS) is 24.2. The molecule has 7 heteroatoms. The Labute approximate surface area is 141 Å². The van der Waals surface area contributed by atoms with Gasteiger partial charge in [0.1, 0.15) is 5.82 Å². The van der Waals surface area contributed by atoms with Crippen LogP contribution in [0.3, 0.4) is 0 Å². The van der Waals surface area contributed by atoms with Crippen LogP contribution in [0.15, 0.2) is 12.4 Å². The van der Waals surface area contributed by atoms with Gasteiger partial charge in [-0.1, -0.05) is 0 Å². The number of hydrogen-bond donors (Lipinski definition) is 0. The molecule has 0 bridgehead atoms. The summed E-state index contributed by atoms with van der Waals surface area (Å²) in [5, 5.41) is 0. The molecular formula is C17H24F2N4O. The van der Waals surface area contributed by atoms with E-state index in [0.29, 0.717) is 6.54 Å². The largest absolute Gasteiger partial charge is 0.361 e. The number of anilines is 1. The Balaban J connectivity index is 1.73. The zero-order chi connectivity index (χ0) is 17.3. The molecule has 1 aromatic rings. The summed E-state index contributed by atoms with van der Waals surface area (Å²) in [6.07, 6.45) is 5.34. The van der Waals surface area contributed by atoms with Crippen molar-refractivity contribution < 1.29 is 13.6 Å². The van der Waals surface area contributed by atoms with Gasteiger partial charge in [0.15, 0.2) is 0 Å². The molecule has 3 rings (SSSR count). The van der Waals surface area contributed by atoms with E-state index in [4.69, 9.17) is 0 Å². The number of halogens is 2. The monoisotopic (exact) mass is 338 g/mol. The van der Waals surface area contributed by atoms with Gasteiger partial charge >= 0.3 is 0 Å². The van der Waals surface area contributed by atoms with Crippen molar-refractivity contribution in [3.63, 3.8) is 0 Å². The fourth-order valence-electron chi connectivity index (χ4n) is 3.61. The molecule has 1 aromatic heterocycles. The Hall–Kier alpha value is -1.79. The molecule has 1 amide bonds. The van der Waals surface area contributed by atoms with Crippen LogP contribution in [0.25, 0.3) is 0 Å². The number of rotatable bonds is 3. The maximum atomic E-state index is 13.3. The van der Waals surface area contributed by atoms with Crippen LogP contribution in [0.4, 0.5) is 14.6 Å². The van der Waals surface area contributed by atoms with Crippen molar-refractivity contribution in [3.05, 3.63) is 18.1 Å². The molecule has 5 nitrogen and oxygen atoms in total. The molecule has 0 N–H and O–H groups in total. The molecule has 0 aromatic carbocycles. The second-order valence-corrected chi connectivity index (χ2v) is 7.02. The zero-order valence-electron chi connectivity index (χ0n) is 14.2. The second kappa shape index (κ2) is 6.61. The number of nitrogens with zero attached hydrogens (tertiary/aromatic N) is 4. The van der Waals surface area contributed by atoms with Crippen LogP contribution in [0.1, 0.15) is 50.3 Å². The van der Waals surface area contributed by atoms with Crippen molar-refractivity contribution in [2.75, 3.05) is 25.5 Å². The van der Waals surface area contributed by atoms with Gasteiger partial charge in [-0.25, -0.2) is 13.8 Å². The lowest BCUT2D eigenvalue weighted by Gasteiger charge is -2.32. The molecule has 2 fully saturated rings. The molecule has 1 unspecified atom stereocenters. The summed E-state index contributed by atoms with van der Waals surface area (Å²) in [7, 11) is 3.79. The highest BCUT2D eigenvalue weighted by Gasteiger charge is 2.41. The van der Waals surface area contributed by atoms with E-state index in [1.165, 1.54) is 0 Å². The van der Waals surface area contributed by atoms with Crippen LogP contribution in [0.2, 0.25) is 0 Å². The third-order valence-electron chi connectivity index (χ3n) is 5.04. The lowest BCUT2D eigenvalue weighted by molar-refractivity contribution is -0.140. The minimum absolute atomic E-state index is 0.00468. The third kappa shape index (κ3) is 3.49. The Morgan fingerprint density at radius 1 is 1.25 bits per heavy atom. The van der Waals surface area contributed by atoms with Crippen molar-refractivity contribution in [1.82, 2.24) is 14.9 Å². The number of alkyl halides is 2. The summed E-state index contributed by atoms with van der Waals surface area (Å²) in [5.41, 5.74) is 0.785. The van der Waals surface area contributed by atoms with Crippen molar-refractivity contribution in [3.8, 4) is 0 Å². The van der Waals surface area contributed by atoms with Gasteiger partial charge in [0, 0.05) is 39.4 Å². The van der Waals surface area contributed by atoms with E-state index in [-0.39, 0.29) is 43.6 Å². The smallest absolute Gasteiger partial charge is 0.248 e. The first-order chi connectivity index (χ1) is 11.4. The SMILES string of the molecule is CN(C)c1cncc(C2CCCN2C(=O)C2CCC(F)(F)CC2)n1. The highest BCUT2D eigenvalue weighted by Crippen LogP contribution is 2.39. The predicted octanol–water partition coefficient (Wildman–Crippen LogP) is 3.03. The minimum Gasteiger partial charge on any atom is -0.361 e. The Morgan fingerprint density at radius 3 is 2.62 bits per heavy atom. The van der Waals surface area contributed by atoms with Crippen LogP contribution < -0.4 is 4.90 Å². The standard InChI is InChI=1S/C17H24F2N4O/c1-22(2)15-11-20-10-13(21-15)14-4-3-9-23(14)16(24)12-5-7-17(18,19)8-6-12/h10-12,14H,3-9H2,1-2H3. The number of aromatic nitrogens is 2. The topological polar surface area (TPSA) is 49.3 Å². The van der Waals surface area contributed by atoms with Gasteiger partial charge in [0.25, 0.3) is 0 Å². The number of amides is 1. The second-order valence-electron chi connectivity index (χ2n) is 7.02. The van der Waals surface area contributed by atoms with E-state index in [0.717, 1.165) is 24.4 Å². The molecule has 1 atom stereocenters. The van der Waals surface area contributed by atoms with Crippen molar-refractivity contribution in [2.24, 2.45) is 5.92 Å². The van der Waals surface area contributed by atoms with E-state index in [2.05, 4.69) is 9.97 Å². The van der Waals surface area contributed by atoms with E-state index in [9.17, 15) is 13.6 Å². The van der Waals surface area contributed by atoms with Crippen LogP contribution in [0, 0.1) is 5.92 Å². The molecular weight excluding hydrogens is 314 g/mol. The fourth-order valence-corrected chi connectivity index (χ4v) is 3.61. The molecule has 132 valence electrons. The average molecular weight is 338 g/mol. The summed E-state index contributed by atoms with van der Waals surface area (Å²) in [6.45, 7) is 0.671. The molecule has 1 saturated heterocycles. The van der Waals surface area contributed by atoms with Gasteiger partial charge in [0.05, 0.1) is 24.1 Å². The molecule has 0 spiro atoms. The molecule has 1 aliphatic carbocycles. The van der Waals surface area contributed by atoms with E-state index in [1.807, 2.05) is 23.9 Å². The molecule has 1 aliphatic heterocycles. The van der Waals surface area contributed by atoms with Crippen LogP contribution in [0.5, 0.6) is 0 Å². The Morgan fingerprint density at radius 2 is 1.96 bits per heavy atom. The fraction of sp³-hybridized carbons (Fsp3) is 0.706. The summed E-state index contributed by atoms with van der Waals surface area (Å²) in [4.78, 5) is 25.4. The molecule has 2 aliphatic rings. The van der Waals surface area contributed by atoms with Crippen LogP contribution in [-0.4, -0.2) is 47.3 Å². The van der Waals surface area contributed by atoms with Crippen molar-refractivity contribution >= 4 is 11.7 Å². The molecule has 0 radical (unpaired) electrons. The van der Waals surface area contributed by atoms with E-state index in [1.54, 1.807) is 12.4 Å². The van der Waals surface area contributed by atoms with Gasteiger partial charge in [0.2, 0.25) is 11.8 Å². The number of likely N-dealkylation sites (tertiary alicyclic amines) is 1. The van der Waals surface area contributed by atoms with Gasteiger partial charge in [-0.3, -0.25) is 9.78 Å². The Kier molecular flexibility index (Phi) is 4.69. The first kappa shape index (κ1) is 17.0. The highest BCUT2D eigenvalue weighted by atomic mass is 19.3. The molecule has 1 saturated carbocycles.